The molecule has 4 heteroatoms. The number of carbonyl (C=O) groups is 1. The first-order valence-corrected chi connectivity index (χ1v) is 5.38. The van der Waals surface area contributed by atoms with Crippen molar-refractivity contribution in [2.75, 3.05) is 24.6 Å². The Balaban J connectivity index is 2.74. The number of aromatic carboxylic acids is 1. The lowest BCUT2D eigenvalue weighted by Gasteiger charge is -2.22. The summed E-state index contributed by atoms with van der Waals surface area (Å²) in [5, 5.41) is 17.5. The van der Waals surface area contributed by atoms with Crippen molar-refractivity contribution in [2.45, 2.75) is 13.3 Å². The maximum atomic E-state index is 10.7. The van der Waals surface area contributed by atoms with E-state index in [1.54, 1.807) is 24.3 Å². The van der Waals surface area contributed by atoms with Crippen LogP contribution < -0.4 is 4.90 Å². The second-order valence-electron chi connectivity index (χ2n) is 3.51. The number of anilines is 1. The van der Waals surface area contributed by atoms with Gasteiger partial charge in [-0.2, -0.15) is 0 Å². The van der Waals surface area contributed by atoms with Crippen molar-refractivity contribution < 1.29 is 15.0 Å². The van der Waals surface area contributed by atoms with Gasteiger partial charge in [-0.05, 0) is 37.6 Å². The monoisotopic (exact) mass is 223 g/mol. The summed E-state index contributed by atoms with van der Waals surface area (Å²) >= 11 is 0. The minimum Gasteiger partial charge on any atom is -0.478 e. The third kappa shape index (κ3) is 3.24. The summed E-state index contributed by atoms with van der Waals surface area (Å²) in [6, 6.07) is 6.78. The SMILES string of the molecule is CCN(CCCO)c1ccc(C(=O)O)cc1. The summed E-state index contributed by atoms with van der Waals surface area (Å²) in [5.74, 6) is -0.912. The van der Waals surface area contributed by atoms with Crippen LogP contribution in [0, 0.1) is 0 Å². The number of nitrogens with zero attached hydrogens (tertiary/aromatic N) is 1. The topological polar surface area (TPSA) is 60.8 Å². The Kier molecular flexibility index (Phi) is 4.79. The summed E-state index contributed by atoms with van der Waals surface area (Å²) in [4.78, 5) is 12.8. The van der Waals surface area contributed by atoms with Crippen LogP contribution in [0.4, 0.5) is 5.69 Å². The number of aliphatic hydroxyl groups excluding tert-OH is 1. The van der Waals surface area contributed by atoms with Gasteiger partial charge >= 0.3 is 5.97 Å². The van der Waals surface area contributed by atoms with Gasteiger partial charge in [-0.3, -0.25) is 0 Å². The molecular weight excluding hydrogens is 206 g/mol. The number of aliphatic hydroxyl groups is 1. The zero-order chi connectivity index (χ0) is 12.0. The molecule has 0 amide bonds. The lowest BCUT2D eigenvalue weighted by Crippen LogP contribution is -2.24. The maximum absolute atomic E-state index is 10.7. The second-order valence-corrected chi connectivity index (χ2v) is 3.51. The highest BCUT2D eigenvalue weighted by atomic mass is 16.4. The fourth-order valence-corrected chi connectivity index (χ4v) is 1.55. The molecule has 0 unspecified atom stereocenters. The molecule has 0 atom stereocenters. The predicted octanol–water partition coefficient (Wildman–Crippen LogP) is 1.59. The average molecular weight is 223 g/mol. The van der Waals surface area contributed by atoms with E-state index in [0.29, 0.717) is 12.0 Å². The predicted molar refractivity (Wildman–Crippen MR) is 63.0 cm³/mol. The largest absolute Gasteiger partial charge is 0.478 e. The normalized spacial score (nSPS) is 10.1. The van der Waals surface area contributed by atoms with Crippen LogP contribution in [-0.2, 0) is 0 Å². The molecule has 1 rings (SSSR count). The van der Waals surface area contributed by atoms with Crippen LogP contribution in [-0.4, -0.2) is 35.9 Å². The minimum absolute atomic E-state index is 0.170. The maximum Gasteiger partial charge on any atom is 0.335 e. The number of carboxylic acid groups (broad SMARTS) is 1. The zero-order valence-corrected chi connectivity index (χ0v) is 9.39. The van der Waals surface area contributed by atoms with Crippen LogP contribution in [0.3, 0.4) is 0 Å². The summed E-state index contributed by atoms with van der Waals surface area (Å²) in [6.45, 7) is 3.82. The number of benzene rings is 1. The van der Waals surface area contributed by atoms with E-state index in [1.165, 1.54) is 0 Å². The third-order valence-corrected chi connectivity index (χ3v) is 2.45. The molecule has 0 radical (unpaired) electrons. The lowest BCUT2D eigenvalue weighted by molar-refractivity contribution is 0.0697. The van der Waals surface area contributed by atoms with Gasteiger partial charge in [0.15, 0.2) is 0 Å². The molecular formula is C12H17NO3. The van der Waals surface area contributed by atoms with Crippen molar-refractivity contribution in [3.05, 3.63) is 29.8 Å². The minimum atomic E-state index is -0.912. The van der Waals surface area contributed by atoms with Crippen LogP contribution >= 0.6 is 0 Å². The standard InChI is InChI=1S/C12H17NO3/c1-2-13(8-3-9-14)11-6-4-10(5-7-11)12(15)16/h4-7,14H,2-3,8-9H2,1H3,(H,15,16). The van der Waals surface area contributed by atoms with Gasteiger partial charge in [0.25, 0.3) is 0 Å². The fourth-order valence-electron chi connectivity index (χ4n) is 1.55. The molecule has 0 saturated carbocycles. The molecule has 16 heavy (non-hydrogen) atoms. The molecule has 0 heterocycles. The van der Waals surface area contributed by atoms with E-state index in [2.05, 4.69) is 4.90 Å². The second kappa shape index (κ2) is 6.12. The van der Waals surface area contributed by atoms with Gasteiger partial charge in [0.2, 0.25) is 0 Å². The molecule has 0 aliphatic rings. The molecule has 0 spiro atoms. The van der Waals surface area contributed by atoms with Gasteiger partial charge in [-0.1, -0.05) is 0 Å². The first-order chi connectivity index (χ1) is 7.69. The number of hydrogen-bond acceptors (Lipinski definition) is 3. The third-order valence-electron chi connectivity index (χ3n) is 2.45. The lowest BCUT2D eigenvalue weighted by atomic mass is 10.2. The summed E-state index contributed by atoms with van der Waals surface area (Å²) in [6.07, 6.45) is 0.717. The summed E-state index contributed by atoms with van der Waals surface area (Å²) in [5.41, 5.74) is 1.28. The van der Waals surface area contributed by atoms with Gasteiger partial charge in [0.05, 0.1) is 5.56 Å². The highest BCUT2D eigenvalue weighted by Crippen LogP contribution is 2.15. The number of carboxylic acids is 1. The molecule has 0 saturated heterocycles. The van der Waals surface area contributed by atoms with E-state index >= 15 is 0 Å². The van der Waals surface area contributed by atoms with Crippen molar-refractivity contribution in [1.29, 1.82) is 0 Å². The van der Waals surface area contributed by atoms with Crippen LogP contribution in [0.5, 0.6) is 0 Å². The average Bonchev–Trinajstić information content (AvgIpc) is 2.30. The number of rotatable bonds is 6. The first-order valence-electron chi connectivity index (χ1n) is 5.38. The molecule has 0 fully saturated rings. The molecule has 0 aromatic heterocycles. The summed E-state index contributed by atoms with van der Waals surface area (Å²) in [7, 11) is 0. The smallest absolute Gasteiger partial charge is 0.335 e. The molecule has 0 aliphatic carbocycles. The zero-order valence-electron chi connectivity index (χ0n) is 9.39. The Morgan fingerprint density at radius 3 is 2.38 bits per heavy atom. The first kappa shape index (κ1) is 12.5. The van der Waals surface area contributed by atoms with Crippen LogP contribution in [0.15, 0.2) is 24.3 Å². The van der Waals surface area contributed by atoms with E-state index in [0.717, 1.165) is 18.8 Å². The van der Waals surface area contributed by atoms with Gasteiger partial charge < -0.3 is 15.1 Å². The Labute approximate surface area is 95.1 Å². The van der Waals surface area contributed by atoms with E-state index < -0.39 is 5.97 Å². The molecule has 4 nitrogen and oxygen atoms in total. The van der Waals surface area contributed by atoms with Gasteiger partial charge in [0, 0.05) is 25.4 Å². The van der Waals surface area contributed by atoms with Gasteiger partial charge in [-0.15, -0.1) is 0 Å². The molecule has 1 aromatic rings. The van der Waals surface area contributed by atoms with Crippen LogP contribution in [0.1, 0.15) is 23.7 Å². The Morgan fingerprint density at radius 1 is 1.31 bits per heavy atom. The molecule has 1 aromatic carbocycles. The van der Waals surface area contributed by atoms with Crippen molar-refractivity contribution in [2.24, 2.45) is 0 Å². The van der Waals surface area contributed by atoms with Gasteiger partial charge in [0.1, 0.15) is 0 Å². The van der Waals surface area contributed by atoms with E-state index in [4.69, 9.17) is 10.2 Å². The van der Waals surface area contributed by atoms with Gasteiger partial charge in [-0.25, -0.2) is 4.79 Å². The van der Waals surface area contributed by atoms with Crippen LogP contribution in [0.25, 0.3) is 0 Å². The number of hydrogen-bond donors (Lipinski definition) is 2. The summed E-state index contributed by atoms with van der Waals surface area (Å²) < 4.78 is 0. The molecule has 88 valence electrons. The fraction of sp³-hybridized carbons (Fsp3) is 0.417. The van der Waals surface area contributed by atoms with Crippen molar-refractivity contribution >= 4 is 11.7 Å². The van der Waals surface area contributed by atoms with E-state index in [9.17, 15) is 4.79 Å². The van der Waals surface area contributed by atoms with E-state index in [-0.39, 0.29) is 6.61 Å². The highest BCUT2D eigenvalue weighted by molar-refractivity contribution is 5.88. The van der Waals surface area contributed by atoms with Crippen molar-refractivity contribution in [1.82, 2.24) is 0 Å². The van der Waals surface area contributed by atoms with E-state index in [1.807, 2.05) is 6.92 Å². The van der Waals surface area contributed by atoms with Crippen LogP contribution in [0.2, 0.25) is 0 Å². The molecule has 2 N–H and O–H groups in total. The quantitative estimate of drug-likeness (QED) is 0.769. The Bertz CT molecular complexity index is 335. The molecule has 0 aliphatic heterocycles. The van der Waals surface area contributed by atoms with Crippen molar-refractivity contribution in [3.63, 3.8) is 0 Å². The Morgan fingerprint density at radius 2 is 1.94 bits per heavy atom. The van der Waals surface area contributed by atoms with Crippen molar-refractivity contribution in [3.8, 4) is 0 Å². The Hall–Kier alpha value is -1.55. The highest BCUT2D eigenvalue weighted by Gasteiger charge is 2.06. The molecule has 0 bridgehead atoms.